The SMILES string of the molecule is NC(Cc1ccc(O)cc1)C(=O)O.O=C(O)C(=O)C(O)c1ccccc1. The van der Waals surface area contributed by atoms with Gasteiger partial charge in [0.25, 0.3) is 5.78 Å². The molecule has 0 radical (unpaired) electrons. The molecule has 0 aliphatic heterocycles. The zero-order valence-electron chi connectivity index (χ0n) is 13.6. The van der Waals surface area contributed by atoms with E-state index in [1.807, 2.05) is 0 Å². The van der Waals surface area contributed by atoms with E-state index in [0.717, 1.165) is 5.56 Å². The lowest BCUT2D eigenvalue weighted by atomic mass is 10.1. The second-order valence-corrected chi connectivity index (χ2v) is 5.30. The Morgan fingerprint density at radius 3 is 1.92 bits per heavy atom. The van der Waals surface area contributed by atoms with Crippen molar-refractivity contribution in [3.8, 4) is 5.75 Å². The number of aliphatic carboxylic acids is 2. The highest BCUT2D eigenvalue weighted by Gasteiger charge is 2.23. The Kier molecular flexibility index (Phi) is 7.94. The van der Waals surface area contributed by atoms with Crippen LogP contribution >= 0.6 is 0 Å². The number of Topliss-reactive ketones (excluding diaryl/α,β-unsaturated/α-hetero) is 1. The number of phenols is 1. The van der Waals surface area contributed by atoms with Gasteiger partial charge in [-0.1, -0.05) is 42.5 Å². The van der Waals surface area contributed by atoms with Gasteiger partial charge in [-0.15, -0.1) is 0 Å². The highest BCUT2D eigenvalue weighted by Crippen LogP contribution is 2.12. The summed E-state index contributed by atoms with van der Waals surface area (Å²) < 4.78 is 0. The molecule has 26 heavy (non-hydrogen) atoms. The van der Waals surface area contributed by atoms with E-state index < -0.39 is 29.9 Å². The summed E-state index contributed by atoms with van der Waals surface area (Å²) in [6, 6.07) is 13.4. The van der Waals surface area contributed by atoms with E-state index in [-0.39, 0.29) is 17.7 Å². The maximum Gasteiger partial charge on any atom is 0.375 e. The molecule has 2 rings (SSSR count). The second-order valence-electron chi connectivity index (χ2n) is 5.30. The van der Waals surface area contributed by atoms with Crippen LogP contribution in [0.5, 0.6) is 5.75 Å². The zero-order chi connectivity index (χ0) is 19.7. The lowest BCUT2D eigenvalue weighted by Gasteiger charge is -2.05. The topological polar surface area (TPSA) is 158 Å². The monoisotopic (exact) mass is 361 g/mol. The van der Waals surface area contributed by atoms with Gasteiger partial charge >= 0.3 is 11.9 Å². The number of carboxylic acids is 2. The Hall–Kier alpha value is -3.23. The third kappa shape index (κ3) is 6.71. The predicted molar refractivity (Wildman–Crippen MR) is 91.5 cm³/mol. The molecule has 0 saturated carbocycles. The van der Waals surface area contributed by atoms with Crippen molar-refractivity contribution in [2.45, 2.75) is 18.6 Å². The van der Waals surface area contributed by atoms with E-state index in [1.165, 1.54) is 24.3 Å². The maximum atomic E-state index is 10.8. The smallest absolute Gasteiger partial charge is 0.375 e. The Morgan fingerprint density at radius 2 is 1.46 bits per heavy atom. The minimum Gasteiger partial charge on any atom is -0.508 e. The molecule has 0 bridgehead atoms. The number of hydrogen-bond acceptors (Lipinski definition) is 6. The van der Waals surface area contributed by atoms with Crippen LogP contribution in [0.2, 0.25) is 0 Å². The van der Waals surface area contributed by atoms with Gasteiger partial charge in [0.05, 0.1) is 0 Å². The largest absolute Gasteiger partial charge is 0.508 e. The molecule has 2 atom stereocenters. The molecular formula is C18H19NO7. The molecule has 2 unspecified atom stereocenters. The molecule has 0 spiro atoms. The number of aliphatic hydroxyl groups excluding tert-OH is 1. The first-order chi connectivity index (χ1) is 12.2. The molecule has 8 heteroatoms. The summed E-state index contributed by atoms with van der Waals surface area (Å²) in [5, 5.41) is 35.0. The molecule has 2 aromatic rings. The second kappa shape index (κ2) is 9.92. The van der Waals surface area contributed by atoms with Crippen molar-refractivity contribution in [2.75, 3.05) is 0 Å². The molecule has 0 fully saturated rings. The molecular weight excluding hydrogens is 342 g/mol. The first kappa shape index (κ1) is 20.8. The molecule has 138 valence electrons. The number of carboxylic acid groups (broad SMARTS) is 2. The lowest BCUT2D eigenvalue weighted by Crippen LogP contribution is -2.32. The number of rotatable bonds is 6. The first-order valence-corrected chi connectivity index (χ1v) is 7.48. The Morgan fingerprint density at radius 1 is 0.923 bits per heavy atom. The van der Waals surface area contributed by atoms with Gasteiger partial charge < -0.3 is 26.2 Å². The maximum absolute atomic E-state index is 10.8. The molecule has 0 aliphatic carbocycles. The lowest BCUT2D eigenvalue weighted by molar-refractivity contribution is -0.153. The fraction of sp³-hybridized carbons (Fsp3) is 0.167. The van der Waals surface area contributed by atoms with Crippen molar-refractivity contribution in [1.29, 1.82) is 0 Å². The minimum absolute atomic E-state index is 0.160. The highest BCUT2D eigenvalue weighted by atomic mass is 16.4. The quantitative estimate of drug-likeness (QED) is 0.471. The number of phenolic OH excluding ortho intramolecular Hbond substituents is 1. The van der Waals surface area contributed by atoms with Gasteiger partial charge in [-0.25, -0.2) is 4.79 Å². The van der Waals surface area contributed by atoms with Gasteiger partial charge in [-0.2, -0.15) is 0 Å². The number of nitrogens with two attached hydrogens (primary N) is 1. The molecule has 8 nitrogen and oxygen atoms in total. The van der Waals surface area contributed by atoms with Crippen molar-refractivity contribution in [3.05, 3.63) is 65.7 Å². The van der Waals surface area contributed by atoms with Crippen LogP contribution in [0.3, 0.4) is 0 Å². The third-order valence-corrected chi connectivity index (χ3v) is 3.28. The molecule has 0 aromatic heterocycles. The van der Waals surface area contributed by atoms with Gasteiger partial charge in [0, 0.05) is 0 Å². The summed E-state index contributed by atoms with van der Waals surface area (Å²) in [6.07, 6.45) is -1.30. The molecule has 2 aromatic carbocycles. The summed E-state index contributed by atoms with van der Waals surface area (Å²) in [5.41, 5.74) is 6.41. The number of hydrogen-bond donors (Lipinski definition) is 5. The number of carbonyl (C=O) groups excluding carboxylic acids is 1. The Balaban J connectivity index is 0.000000260. The van der Waals surface area contributed by atoms with E-state index in [2.05, 4.69) is 0 Å². The van der Waals surface area contributed by atoms with Crippen molar-refractivity contribution in [2.24, 2.45) is 5.73 Å². The molecule has 0 heterocycles. The molecule has 0 amide bonds. The van der Waals surface area contributed by atoms with Crippen molar-refractivity contribution in [1.82, 2.24) is 0 Å². The molecule has 0 saturated heterocycles. The van der Waals surface area contributed by atoms with Gasteiger partial charge in [0.1, 0.15) is 17.9 Å². The van der Waals surface area contributed by atoms with E-state index >= 15 is 0 Å². The van der Waals surface area contributed by atoms with Crippen LogP contribution in [0.25, 0.3) is 0 Å². The minimum atomic E-state index is -1.63. The van der Waals surface area contributed by atoms with E-state index in [4.69, 9.17) is 21.1 Å². The van der Waals surface area contributed by atoms with E-state index in [9.17, 15) is 19.5 Å². The van der Waals surface area contributed by atoms with Gasteiger partial charge in [0.2, 0.25) is 0 Å². The Bertz CT molecular complexity index is 744. The number of ketones is 1. The third-order valence-electron chi connectivity index (χ3n) is 3.28. The van der Waals surface area contributed by atoms with E-state index in [0.29, 0.717) is 0 Å². The van der Waals surface area contributed by atoms with Crippen molar-refractivity contribution in [3.63, 3.8) is 0 Å². The Labute approximate surface area is 149 Å². The van der Waals surface area contributed by atoms with Crippen molar-refractivity contribution < 1.29 is 34.8 Å². The van der Waals surface area contributed by atoms with Crippen LogP contribution < -0.4 is 5.73 Å². The number of aliphatic hydroxyl groups is 1. The summed E-state index contributed by atoms with van der Waals surface area (Å²) >= 11 is 0. The fourth-order valence-corrected chi connectivity index (χ4v) is 1.88. The number of aromatic hydroxyl groups is 1. The average Bonchev–Trinajstić information content (AvgIpc) is 2.63. The predicted octanol–water partition coefficient (Wildman–Crippen LogP) is 0.720. The van der Waals surface area contributed by atoms with Crippen LogP contribution in [0.1, 0.15) is 17.2 Å². The summed E-state index contributed by atoms with van der Waals surface area (Å²) in [4.78, 5) is 31.4. The zero-order valence-corrected chi connectivity index (χ0v) is 13.6. The summed E-state index contributed by atoms with van der Waals surface area (Å²) in [6.45, 7) is 0. The summed E-state index contributed by atoms with van der Waals surface area (Å²) in [7, 11) is 0. The van der Waals surface area contributed by atoms with Gasteiger partial charge in [-0.05, 0) is 29.7 Å². The first-order valence-electron chi connectivity index (χ1n) is 7.48. The number of benzene rings is 2. The van der Waals surface area contributed by atoms with Crippen LogP contribution in [0.4, 0.5) is 0 Å². The number of carbonyl (C=O) groups is 3. The molecule has 6 N–H and O–H groups in total. The average molecular weight is 361 g/mol. The van der Waals surface area contributed by atoms with E-state index in [1.54, 1.807) is 30.3 Å². The van der Waals surface area contributed by atoms with Crippen molar-refractivity contribution >= 4 is 17.7 Å². The molecule has 0 aliphatic rings. The fourth-order valence-electron chi connectivity index (χ4n) is 1.88. The normalized spacial score (nSPS) is 12.2. The van der Waals surface area contributed by atoms with Crippen LogP contribution in [-0.4, -0.2) is 44.2 Å². The van der Waals surface area contributed by atoms with Gasteiger partial charge in [0.15, 0.2) is 0 Å². The van der Waals surface area contributed by atoms with Crippen LogP contribution in [0.15, 0.2) is 54.6 Å². The van der Waals surface area contributed by atoms with Crippen LogP contribution in [0, 0.1) is 0 Å². The van der Waals surface area contributed by atoms with Gasteiger partial charge in [-0.3, -0.25) is 9.59 Å². The summed E-state index contributed by atoms with van der Waals surface area (Å²) in [5.74, 6) is -3.71. The standard InChI is InChI=1S/C9H11NO3.C9H8O4/c10-8(9(12)13)5-6-1-3-7(11)4-2-6;10-7(8(11)9(12)13)6-4-2-1-3-5-6/h1-4,8,11H,5,10H2,(H,12,13);1-5,7,10H,(H,12,13). The van der Waals surface area contributed by atoms with Crippen LogP contribution in [-0.2, 0) is 20.8 Å². The highest BCUT2D eigenvalue weighted by molar-refractivity contribution is 6.34.